The van der Waals surface area contributed by atoms with Crippen molar-refractivity contribution in [3.05, 3.63) is 69.6 Å². The van der Waals surface area contributed by atoms with Gasteiger partial charge >= 0.3 is 0 Å². The summed E-state index contributed by atoms with van der Waals surface area (Å²) < 4.78 is 11.4. The Bertz CT molecular complexity index is 1050. The molecule has 0 spiro atoms. The molecule has 122 valence electrons. The molecular formula is C21H19ClO2. The molecule has 0 fully saturated rings. The lowest BCUT2D eigenvalue weighted by Crippen LogP contribution is -1.93. The molecule has 2 aromatic heterocycles. The highest BCUT2D eigenvalue weighted by molar-refractivity contribution is 6.35. The Morgan fingerprint density at radius 2 is 1.46 bits per heavy atom. The molecule has 0 saturated heterocycles. The smallest absolute Gasteiger partial charge is 0.152 e. The van der Waals surface area contributed by atoms with E-state index < -0.39 is 0 Å². The second kappa shape index (κ2) is 5.71. The fraction of sp³-hybridized carbons (Fsp3) is 0.238. The van der Waals surface area contributed by atoms with Crippen LogP contribution in [0.4, 0.5) is 0 Å². The molecule has 0 unspecified atom stereocenters. The number of hydrogen-bond acceptors (Lipinski definition) is 2. The molecule has 2 heterocycles. The van der Waals surface area contributed by atoms with Crippen LogP contribution in [0, 0.1) is 20.8 Å². The summed E-state index contributed by atoms with van der Waals surface area (Å²) in [6.45, 7) is 6.25. The fourth-order valence-corrected chi connectivity index (χ4v) is 3.71. The number of fused-ring (bicyclic) bond motifs is 2. The molecule has 4 aromatic rings. The van der Waals surface area contributed by atoms with Crippen LogP contribution in [0.5, 0.6) is 0 Å². The van der Waals surface area contributed by atoms with E-state index >= 15 is 0 Å². The molecule has 0 N–H and O–H groups in total. The molecule has 2 aromatic carbocycles. The molecule has 24 heavy (non-hydrogen) atoms. The third-order valence-electron chi connectivity index (χ3n) is 4.82. The molecule has 0 amide bonds. The van der Waals surface area contributed by atoms with E-state index in [-0.39, 0.29) is 0 Å². The largest absolute Gasteiger partial charge is 0.464 e. The third kappa shape index (κ3) is 2.33. The van der Waals surface area contributed by atoms with Gasteiger partial charge in [0.05, 0.1) is 17.5 Å². The minimum Gasteiger partial charge on any atom is -0.464 e. The van der Waals surface area contributed by atoms with Crippen molar-refractivity contribution in [1.29, 1.82) is 0 Å². The van der Waals surface area contributed by atoms with Gasteiger partial charge in [-0.05, 0) is 61.4 Å². The summed E-state index contributed by atoms with van der Waals surface area (Å²) in [5, 5.41) is 3.05. The Balaban J connectivity index is 1.68. The van der Waals surface area contributed by atoms with Crippen LogP contribution in [0.25, 0.3) is 21.9 Å². The molecule has 0 saturated carbocycles. The van der Waals surface area contributed by atoms with E-state index in [0.29, 0.717) is 0 Å². The zero-order chi connectivity index (χ0) is 16.8. The van der Waals surface area contributed by atoms with Gasteiger partial charge in [-0.1, -0.05) is 35.9 Å². The maximum atomic E-state index is 6.55. The molecule has 0 radical (unpaired) electrons. The van der Waals surface area contributed by atoms with E-state index in [0.717, 1.165) is 45.5 Å². The summed E-state index contributed by atoms with van der Waals surface area (Å²) in [6.07, 6.45) is 5.39. The summed E-state index contributed by atoms with van der Waals surface area (Å²) in [5.41, 5.74) is 7.67. The Kier molecular flexibility index (Phi) is 3.65. The first-order chi connectivity index (χ1) is 11.6. The van der Waals surface area contributed by atoms with Crippen molar-refractivity contribution < 1.29 is 8.83 Å². The van der Waals surface area contributed by atoms with Gasteiger partial charge in [-0.25, -0.2) is 0 Å². The van der Waals surface area contributed by atoms with Crippen LogP contribution < -0.4 is 0 Å². The lowest BCUT2D eigenvalue weighted by atomic mass is 9.99. The van der Waals surface area contributed by atoms with E-state index in [2.05, 4.69) is 38.1 Å². The Morgan fingerprint density at radius 3 is 2.29 bits per heavy atom. The lowest BCUT2D eigenvalue weighted by molar-refractivity contribution is 0.607. The molecule has 3 heteroatoms. The Labute approximate surface area is 146 Å². The first-order valence-electron chi connectivity index (χ1n) is 8.17. The van der Waals surface area contributed by atoms with Crippen LogP contribution in [0.1, 0.15) is 27.8 Å². The predicted octanol–water partition coefficient (Wildman–Crippen LogP) is 6.54. The number of hydrogen-bond donors (Lipinski definition) is 0. The molecule has 4 rings (SSSR count). The summed E-state index contributed by atoms with van der Waals surface area (Å²) in [4.78, 5) is 0. The van der Waals surface area contributed by atoms with Crippen molar-refractivity contribution in [2.24, 2.45) is 0 Å². The van der Waals surface area contributed by atoms with Gasteiger partial charge in [0.1, 0.15) is 5.58 Å². The van der Waals surface area contributed by atoms with Gasteiger partial charge in [0.15, 0.2) is 5.58 Å². The number of halogens is 1. The zero-order valence-corrected chi connectivity index (χ0v) is 14.8. The van der Waals surface area contributed by atoms with Crippen molar-refractivity contribution in [3.63, 3.8) is 0 Å². The molecule has 0 atom stereocenters. The fourth-order valence-electron chi connectivity index (χ4n) is 3.40. The quantitative estimate of drug-likeness (QED) is 0.423. The normalized spacial score (nSPS) is 11.7. The van der Waals surface area contributed by atoms with Crippen LogP contribution in [-0.4, -0.2) is 0 Å². The second-order valence-electron chi connectivity index (χ2n) is 6.50. The van der Waals surface area contributed by atoms with Gasteiger partial charge in [-0.3, -0.25) is 0 Å². The van der Waals surface area contributed by atoms with Crippen molar-refractivity contribution in [3.8, 4) is 0 Å². The van der Waals surface area contributed by atoms with Crippen LogP contribution in [0.2, 0.25) is 5.02 Å². The summed E-state index contributed by atoms with van der Waals surface area (Å²) in [7, 11) is 0. The average Bonchev–Trinajstić information content (AvgIpc) is 3.16. The van der Waals surface area contributed by atoms with Crippen molar-refractivity contribution in [2.75, 3.05) is 0 Å². The molecule has 0 aliphatic carbocycles. The standard InChI is InChI=1S/C21H19ClO2/c1-12-4-5-13(2)20-18(12)16(11-24-20)7-6-15-8-9-17-14(3)10-23-21(17)19(15)22/h4-5,8-11H,6-7H2,1-3H3. The minimum absolute atomic E-state index is 0.723. The first-order valence-corrected chi connectivity index (χ1v) is 8.55. The summed E-state index contributed by atoms with van der Waals surface area (Å²) in [6, 6.07) is 8.46. The van der Waals surface area contributed by atoms with Gasteiger partial charge in [0.2, 0.25) is 0 Å². The molecule has 0 aliphatic heterocycles. The van der Waals surface area contributed by atoms with Gasteiger partial charge < -0.3 is 8.83 Å². The van der Waals surface area contributed by atoms with Crippen molar-refractivity contribution in [2.45, 2.75) is 33.6 Å². The van der Waals surface area contributed by atoms with Crippen LogP contribution in [-0.2, 0) is 12.8 Å². The van der Waals surface area contributed by atoms with E-state index in [9.17, 15) is 0 Å². The number of aryl methyl sites for hydroxylation is 5. The van der Waals surface area contributed by atoms with E-state index in [4.69, 9.17) is 20.4 Å². The van der Waals surface area contributed by atoms with Crippen LogP contribution >= 0.6 is 11.6 Å². The summed E-state index contributed by atoms with van der Waals surface area (Å²) in [5.74, 6) is 0. The van der Waals surface area contributed by atoms with Gasteiger partial charge in [-0.15, -0.1) is 0 Å². The summed E-state index contributed by atoms with van der Waals surface area (Å²) >= 11 is 6.55. The van der Waals surface area contributed by atoms with Gasteiger partial charge in [0, 0.05) is 10.8 Å². The predicted molar refractivity (Wildman–Crippen MR) is 99.1 cm³/mol. The van der Waals surface area contributed by atoms with E-state index in [1.54, 1.807) is 6.26 Å². The van der Waals surface area contributed by atoms with Gasteiger partial charge in [-0.2, -0.15) is 0 Å². The lowest BCUT2D eigenvalue weighted by Gasteiger charge is -2.06. The third-order valence-corrected chi connectivity index (χ3v) is 5.24. The molecule has 0 bridgehead atoms. The number of furan rings is 2. The Morgan fingerprint density at radius 1 is 0.750 bits per heavy atom. The van der Waals surface area contributed by atoms with E-state index in [1.165, 1.54) is 22.1 Å². The van der Waals surface area contributed by atoms with Crippen molar-refractivity contribution >= 4 is 33.5 Å². The minimum atomic E-state index is 0.723. The van der Waals surface area contributed by atoms with Crippen LogP contribution in [0.3, 0.4) is 0 Å². The highest BCUT2D eigenvalue weighted by atomic mass is 35.5. The second-order valence-corrected chi connectivity index (χ2v) is 6.88. The van der Waals surface area contributed by atoms with E-state index in [1.807, 2.05) is 13.2 Å². The topological polar surface area (TPSA) is 26.3 Å². The maximum Gasteiger partial charge on any atom is 0.152 e. The molecule has 0 aliphatic rings. The first kappa shape index (κ1) is 15.3. The highest BCUT2D eigenvalue weighted by Crippen LogP contribution is 2.33. The SMILES string of the molecule is Cc1coc2c(Cl)c(CCc3coc4c(C)ccc(C)c34)ccc12. The number of benzene rings is 2. The molecular weight excluding hydrogens is 320 g/mol. The number of rotatable bonds is 3. The maximum absolute atomic E-state index is 6.55. The Hall–Kier alpha value is -2.19. The van der Waals surface area contributed by atoms with Crippen LogP contribution in [0.15, 0.2) is 45.6 Å². The zero-order valence-electron chi connectivity index (χ0n) is 14.1. The average molecular weight is 339 g/mol. The van der Waals surface area contributed by atoms with Gasteiger partial charge in [0.25, 0.3) is 0 Å². The highest BCUT2D eigenvalue weighted by Gasteiger charge is 2.14. The van der Waals surface area contributed by atoms with Crippen molar-refractivity contribution in [1.82, 2.24) is 0 Å². The molecule has 2 nitrogen and oxygen atoms in total. The monoisotopic (exact) mass is 338 g/mol.